The van der Waals surface area contributed by atoms with Crippen molar-refractivity contribution in [1.82, 2.24) is 4.90 Å². The third-order valence-electron chi connectivity index (χ3n) is 5.58. The van der Waals surface area contributed by atoms with Crippen LogP contribution in [0.3, 0.4) is 0 Å². The smallest absolute Gasteiger partial charge is 0.279 e. The Morgan fingerprint density at radius 3 is 2.32 bits per heavy atom. The van der Waals surface area contributed by atoms with Crippen molar-refractivity contribution in [2.75, 3.05) is 58.7 Å². The van der Waals surface area contributed by atoms with Crippen LogP contribution in [0.15, 0.2) is 48.5 Å². The molecule has 1 aliphatic heterocycles. The lowest BCUT2D eigenvalue weighted by molar-refractivity contribution is -1.00. The third-order valence-corrected chi connectivity index (χ3v) is 5.58. The minimum atomic E-state index is -0.327. The number of hydrogen-bond acceptors (Lipinski definition) is 3. The number of carbonyl (C=O) groups excluding carboxylic acids is 2. The summed E-state index contributed by atoms with van der Waals surface area (Å²) >= 11 is 0. The third kappa shape index (κ3) is 7.04. The van der Waals surface area contributed by atoms with Crippen LogP contribution in [0.25, 0.3) is 0 Å². The normalized spacial score (nSPS) is 18.3. The van der Waals surface area contributed by atoms with E-state index >= 15 is 0 Å². The predicted molar refractivity (Wildman–Crippen MR) is 116 cm³/mol. The highest BCUT2D eigenvalue weighted by Gasteiger charge is 2.27. The van der Waals surface area contributed by atoms with Gasteiger partial charge in [-0.15, -0.1) is 0 Å². The van der Waals surface area contributed by atoms with Crippen molar-refractivity contribution < 1.29 is 28.5 Å². The second-order valence-corrected chi connectivity index (χ2v) is 8.01. The maximum Gasteiger partial charge on any atom is 0.279 e. The highest BCUT2D eigenvalue weighted by atomic mass is 19.1. The minimum absolute atomic E-state index is 0.0841. The first-order valence-corrected chi connectivity index (χ1v) is 10.5. The Morgan fingerprint density at radius 2 is 1.68 bits per heavy atom. The number of halogens is 1. The molecule has 31 heavy (non-hydrogen) atoms. The predicted octanol–water partition coefficient (Wildman–Crippen LogP) is -0.785. The Balaban J connectivity index is 1.39. The Hall–Kier alpha value is -2.97. The fourth-order valence-corrected chi connectivity index (χ4v) is 3.76. The molecule has 0 aliphatic carbocycles. The molecule has 7 nitrogen and oxygen atoms in total. The number of amides is 2. The van der Waals surface area contributed by atoms with Gasteiger partial charge in [0.15, 0.2) is 13.1 Å². The number of benzene rings is 2. The molecule has 2 aromatic rings. The number of rotatable bonds is 8. The van der Waals surface area contributed by atoms with Crippen molar-refractivity contribution in [3.05, 3.63) is 59.9 Å². The van der Waals surface area contributed by atoms with E-state index in [-0.39, 0.29) is 17.6 Å². The van der Waals surface area contributed by atoms with Gasteiger partial charge in [-0.1, -0.05) is 12.1 Å². The molecule has 1 fully saturated rings. The van der Waals surface area contributed by atoms with Crippen LogP contribution in [0, 0.1) is 5.82 Å². The SMILES string of the molecule is COc1cccc(CN(C)C(=O)C[NH+]2CC[NH+](CC(=O)Nc3ccc(F)cc3)CC2)c1. The van der Waals surface area contributed by atoms with Crippen molar-refractivity contribution in [2.24, 2.45) is 0 Å². The Bertz CT molecular complexity index is 883. The lowest BCUT2D eigenvalue weighted by Gasteiger charge is -2.30. The first-order valence-electron chi connectivity index (χ1n) is 10.5. The van der Waals surface area contributed by atoms with E-state index in [0.717, 1.165) is 37.5 Å². The topological polar surface area (TPSA) is 67.5 Å². The summed E-state index contributed by atoms with van der Waals surface area (Å²) in [5.74, 6) is 0.479. The Morgan fingerprint density at radius 1 is 1.03 bits per heavy atom. The van der Waals surface area contributed by atoms with Gasteiger partial charge >= 0.3 is 0 Å². The van der Waals surface area contributed by atoms with Crippen LogP contribution in [0.1, 0.15) is 5.56 Å². The van der Waals surface area contributed by atoms with Gasteiger partial charge in [-0.25, -0.2) is 4.39 Å². The Labute approximate surface area is 182 Å². The summed E-state index contributed by atoms with van der Waals surface area (Å²) in [5.41, 5.74) is 1.63. The summed E-state index contributed by atoms with van der Waals surface area (Å²) in [5, 5.41) is 2.80. The van der Waals surface area contributed by atoms with Crippen LogP contribution in [-0.2, 0) is 16.1 Å². The van der Waals surface area contributed by atoms with E-state index in [4.69, 9.17) is 4.74 Å². The number of carbonyl (C=O) groups is 2. The molecule has 1 aliphatic rings. The standard InChI is InChI=1S/C23H29FN4O3/c1-26(15-18-4-3-5-21(14-18)31-2)23(30)17-28-12-10-27(11-13-28)16-22(29)25-20-8-6-19(24)7-9-20/h3-9,14H,10-13,15-17H2,1-2H3,(H,25,29)/p+2. The van der Waals surface area contributed by atoms with Crippen LogP contribution in [0.5, 0.6) is 5.75 Å². The van der Waals surface area contributed by atoms with Gasteiger partial charge in [0.05, 0.1) is 7.11 Å². The summed E-state index contributed by atoms with van der Waals surface area (Å²) in [4.78, 5) is 29.0. The largest absolute Gasteiger partial charge is 0.497 e. The highest BCUT2D eigenvalue weighted by molar-refractivity contribution is 5.91. The van der Waals surface area contributed by atoms with Gasteiger partial charge < -0.3 is 24.8 Å². The van der Waals surface area contributed by atoms with Crippen LogP contribution < -0.4 is 19.9 Å². The molecule has 0 saturated carbocycles. The van der Waals surface area contributed by atoms with Gasteiger partial charge in [0.25, 0.3) is 11.8 Å². The van der Waals surface area contributed by atoms with Crippen molar-refractivity contribution in [3.63, 3.8) is 0 Å². The van der Waals surface area contributed by atoms with Crippen molar-refractivity contribution in [2.45, 2.75) is 6.54 Å². The van der Waals surface area contributed by atoms with E-state index < -0.39 is 0 Å². The molecule has 166 valence electrons. The number of nitrogens with zero attached hydrogens (tertiary/aromatic N) is 1. The zero-order valence-corrected chi connectivity index (χ0v) is 18.1. The summed E-state index contributed by atoms with van der Waals surface area (Å²) in [6.45, 7) is 4.72. The molecule has 2 amide bonds. The monoisotopic (exact) mass is 430 g/mol. The van der Waals surface area contributed by atoms with Gasteiger partial charge in [0.2, 0.25) is 0 Å². The average Bonchev–Trinajstić information content (AvgIpc) is 2.76. The highest BCUT2D eigenvalue weighted by Crippen LogP contribution is 2.13. The molecule has 1 saturated heterocycles. The number of likely N-dealkylation sites (N-methyl/N-ethyl adjacent to an activating group) is 1. The molecular formula is C23H31FN4O3+2. The average molecular weight is 431 g/mol. The molecule has 3 rings (SSSR count). The first-order chi connectivity index (χ1) is 14.9. The van der Waals surface area contributed by atoms with Gasteiger partial charge in [0, 0.05) is 19.3 Å². The molecule has 3 N–H and O–H groups in total. The quantitative estimate of drug-likeness (QED) is 0.515. The molecule has 8 heteroatoms. The lowest BCUT2D eigenvalue weighted by atomic mass is 10.2. The zero-order valence-electron chi connectivity index (χ0n) is 18.1. The molecule has 0 radical (unpaired) electrons. The fourth-order valence-electron chi connectivity index (χ4n) is 3.76. The van der Waals surface area contributed by atoms with Gasteiger partial charge in [-0.3, -0.25) is 9.59 Å². The summed E-state index contributed by atoms with van der Waals surface area (Å²) in [6, 6.07) is 13.5. The summed E-state index contributed by atoms with van der Waals surface area (Å²) in [7, 11) is 3.45. The van der Waals surface area contributed by atoms with Crippen LogP contribution >= 0.6 is 0 Å². The van der Waals surface area contributed by atoms with Crippen molar-refractivity contribution in [1.29, 1.82) is 0 Å². The van der Waals surface area contributed by atoms with Gasteiger partial charge in [-0.2, -0.15) is 0 Å². The summed E-state index contributed by atoms with van der Waals surface area (Å²) < 4.78 is 18.2. The van der Waals surface area contributed by atoms with Crippen LogP contribution in [0.2, 0.25) is 0 Å². The second kappa shape index (κ2) is 10.9. The number of quaternary nitrogens is 2. The number of piperazine rings is 1. The van der Waals surface area contributed by atoms with E-state index in [1.54, 1.807) is 24.1 Å². The maximum absolute atomic E-state index is 13.0. The second-order valence-electron chi connectivity index (χ2n) is 8.01. The minimum Gasteiger partial charge on any atom is -0.497 e. The van der Waals surface area contributed by atoms with E-state index in [0.29, 0.717) is 25.3 Å². The Kier molecular flexibility index (Phi) is 7.97. The van der Waals surface area contributed by atoms with E-state index in [2.05, 4.69) is 5.32 Å². The number of nitrogens with one attached hydrogen (secondary N) is 3. The van der Waals surface area contributed by atoms with E-state index in [1.165, 1.54) is 21.9 Å². The first kappa shape index (κ1) is 22.7. The maximum atomic E-state index is 13.0. The molecule has 0 bridgehead atoms. The van der Waals surface area contributed by atoms with Crippen molar-refractivity contribution >= 4 is 17.5 Å². The summed E-state index contributed by atoms with van der Waals surface area (Å²) in [6.07, 6.45) is 0. The lowest BCUT2D eigenvalue weighted by Crippen LogP contribution is -3.28. The van der Waals surface area contributed by atoms with E-state index in [1.807, 2.05) is 31.3 Å². The number of ether oxygens (including phenoxy) is 1. The molecule has 0 spiro atoms. The van der Waals surface area contributed by atoms with E-state index in [9.17, 15) is 14.0 Å². The van der Waals surface area contributed by atoms with Crippen LogP contribution in [0.4, 0.5) is 10.1 Å². The molecule has 0 atom stereocenters. The molecule has 2 aromatic carbocycles. The van der Waals surface area contributed by atoms with Crippen molar-refractivity contribution in [3.8, 4) is 5.75 Å². The number of methoxy groups -OCH3 is 1. The molecule has 0 unspecified atom stereocenters. The molecular weight excluding hydrogens is 399 g/mol. The molecule has 1 heterocycles. The number of hydrogen-bond donors (Lipinski definition) is 3. The molecule has 0 aromatic heterocycles. The van der Waals surface area contributed by atoms with Crippen LogP contribution in [-0.4, -0.2) is 70.1 Å². The van der Waals surface area contributed by atoms with Gasteiger partial charge in [-0.05, 0) is 42.0 Å². The fraction of sp³-hybridized carbons (Fsp3) is 0.391. The number of anilines is 1. The zero-order chi connectivity index (χ0) is 22.2. The van der Waals surface area contributed by atoms with Gasteiger partial charge in [0.1, 0.15) is 37.7 Å².